The molecule has 0 radical (unpaired) electrons. The zero-order chi connectivity index (χ0) is 7.33. The van der Waals surface area contributed by atoms with E-state index in [1.54, 1.807) is 0 Å². The smallest absolute Gasteiger partial charge is 0.147 e. The Balaban J connectivity index is 0. The number of carbonyl (C=O) groups is 1. The van der Waals surface area contributed by atoms with Gasteiger partial charge in [0.25, 0.3) is 0 Å². The summed E-state index contributed by atoms with van der Waals surface area (Å²) in [6.45, 7) is 6.05. The van der Waals surface area contributed by atoms with Gasteiger partial charge in [-0.05, 0) is 0 Å². The molecule has 58 valence electrons. The second-order valence-electron chi connectivity index (χ2n) is 2.92. The van der Waals surface area contributed by atoms with Crippen LogP contribution >= 0.6 is 12.4 Å². The Kier molecular flexibility index (Phi) is 8.24. The number of hydrogen-bond donors (Lipinski definition) is 0. The molecule has 0 amide bonds. The fraction of sp³-hybridized carbons (Fsp3) is 0.833. The summed E-state index contributed by atoms with van der Waals surface area (Å²) in [5, 5.41) is 0.685. The van der Waals surface area contributed by atoms with Gasteiger partial charge in [-0.15, -0.1) is 12.4 Å². The first-order valence-corrected chi connectivity index (χ1v) is 6.45. The molecule has 0 bridgehead atoms. The van der Waals surface area contributed by atoms with Gasteiger partial charge in [0.15, 0.2) is 0 Å². The third kappa shape index (κ3) is 11.4. The first kappa shape index (κ1) is 13.2. The number of rotatable bonds is 3. The molecule has 0 heterocycles. The molecule has 10 heavy (non-hydrogen) atoms. The molecule has 0 aromatic carbocycles. The minimum absolute atomic E-state index is 0. The van der Waals surface area contributed by atoms with Gasteiger partial charge in [0.2, 0.25) is 0 Å². The van der Waals surface area contributed by atoms with Crippen LogP contribution in [-0.2, 0) is 25.8 Å². The van der Waals surface area contributed by atoms with Gasteiger partial charge >= 0.3 is 63.5 Å². The molecule has 0 atom stereocenters. The summed E-state index contributed by atoms with van der Waals surface area (Å²) in [7, 11) is 0. The van der Waals surface area contributed by atoms with E-state index in [9.17, 15) is 4.79 Å². The minimum Gasteiger partial charge on any atom is -0.147 e. The van der Waals surface area contributed by atoms with Crippen LogP contribution in [0.4, 0.5) is 0 Å². The van der Waals surface area contributed by atoms with Crippen molar-refractivity contribution in [3.63, 3.8) is 0 Å². The van der Waals surface area contributed by atoms with Crippen molar-refractivity contribution < 1.29 is 25.8 Å². The standard InChI is InChI=1S/C4H9O.C2H3O.ClH.Zn/c1-4(2,3)5;1-2-3;;/h1-3H3;2H,1H2;1H;/q-1;;;+1. The molecule has 0 fully saturated rings. The molecule has 0 spiro atoms. The monoisotopic (exact) mass is 216 g/mol. The second kappa shape index (κ2) is 6.27. The summed E-state index contributed by atoms with van der Waals surface area (Å²) in [4.78, 5) is 9.86. The molecule has 0 saturated carbocycles. The third-order valence-corrected chi connectivity index (χ3v) is 4.01. The maximum absolute atomic E-state index is 9.86. The van der Waals surface area contributed by atoms with Crippen LogP contribution in [0, 0.1) is 0 Å². The zero-order valence-electron chi connectivity index (χ0n) is 6.72. The molecule has 0 aromatic rings. The Morgan fingerprint density at radius 1 is 1.50 bits per heavy atom. The van der Waals surface area contributed by atoms with Gasteiger partial charge in [-0.2, -0.15) is 0 Å². The summed E-state index contributed by atoms with van der Waals surface area (Å²) in [6.07, 6.45) is 0.950. The molecule has 0 saturated heterocycles. The normalized spacial score (nSPS) is 9.50. The quantitative estimate of drug-likeness (QED) is 0.410. The number of carbonyl (C=O) groups excluding carboxylic acids is 1. The van der Waals surface area contributed by atoms with Crippen LogP contribution in [0.25, 0.3) is 0 Å². The fourth-order valence-electron chi connectivity index (χ4n) is 0.413. The van der Waals surface area contributed by atoms with Crippen molar-refractivity contribution in [1.82, 2.24) is 0 Å². The van der Waals surface area contributed by atoms with E-state index in [1.807, 2.05) is 20.8 Å². The van der Waals surface area contributed by atoms with Crippen LogP contribution in [0.5, 0.6) is 0 Å². The van der Waals surface area contributed by atoms with Crippen molar-refractivity contribution >= 4 is 18.7 Å². The first-order valence-electron chi connectivity index (χ1n) is 3.14. The van der Waals surface area contributed by atoms with Crippen molar-refractivity contribution in [1.29, 1.82) is 0 Å². The number of halogens is 1. The fourth-order valence-corrected chi connectivity index (χ4v) is 2.15. The van der Waals surface area contributed by atoms with Gasteiger partial charge in [0.05, 0.1) is 0 Å². The molecular formula is C6H13ClO2Zn. The van der Waals surface area contributed by atoms with E-state index >= 15 is 0 Å². The van der Waals surface area contributed by atoms with E-state index in [2.05, 4.69) is 0 Å². The predicted octanol–water partition coefficient (Wildman–Crippen LogP) is 1.84. The number of aldehydes is 1. The SMILES string of the molecule is CC(C)(C)[O][Zn][CH2]C=O.Cl. The van der Waals surface area contributed by atoms with E-state index in [4.69, 9.17) is 3.56 Å². The molecule has 2 nitrogen and oxygen atoms in total. The Bertz CT molecular complexity index is 90.2. The Morgan fingerprint density at radius 2 is 2.00 bits per heavy atom. The van der Waals surface area contributed by atoms with E-state index in [0.717, 1.165) is 6.29 Å². The van der Waals surface area contributed by atoms with Gasteiger partial charge in [0, 0.05) is 0 Å². The first-order chi connectivity index (χ1) is 4.06. The van der Waals surface area contributed by atoms with E-state index < -0.39 is 17.5 Å². The number of hydrogen-bond acceptors (Lipinski definition) is 2. The van der Waals surface area contributed by atoms with Gasteiger partial charge < -0.3 is 0 Å². The average Bonchev–Trinajstić information content (AvgIpc) is 1.63. The van der Waals surface area contributed by atoms with E-state index in [0.29, 0.717) is 5.02 Å². The van der Waals surface area contributed by atoms with Crippen molar-refractivity contribution in [2.75, 3.05) is 0 Å². The molecule has 0 aliphatic carbocycles. The molecule has 4 heteroatoms. The van der Waals surface area contributed by atoms with Gasteiger partial charge in [-0.1, -0.05) is 0 Å². The molecular weight excluding hydrogens is 205 g/mol. The summed E-state index contributed by atoms with van der Waals surface area (Å²) in [6, 6.07) is 0. The Hall–Kier alpha value is 0.543. The second-order valence-corrected chi connectivity index (χ2v) is 5.59. The van der Waals surface area contributed by atoms with E-state index in [-0.39, 0.29) is 18.0 Å². The molecule has 0 aliphatic heterocycles. The van der Waals surface area contributed by atoms with E-state index in [1.165, 1.54) is 0 Å². The van der Waals surface area contributed by atoms with Crippen molar-refractivity contribution in [2.24, 2.45) is 0 Å². The summed E-state index contributed by atoms with van der Waals surface area (Å²) >= 11 is -0.944. The molecule has 0 unspecified atom stereocenters. The third-order valence-electron chi connectivity index (χ3n) is 0.771. The van der Waals surface area contributed by atoms with Crippen LogP contribution in [-0.4, -0.2) is 11.9 Å². The van der Waals surface area contributed by atoms with Crippen LogP contribution in [0.2, 0.25) is 5.02 Å². The Labute approximate surface area is 76.1 Å². The molecule has 0 N–H and O–H groups in total. The summed E-state index contributed by atoms with van der Waals surface area (Å²) < 4.78 is 5.43. The van der Waals surface area contributed by atoms with Crippen LogP contribution in [0.15, 0.2) is 0 Å². The van der Waals surface area contributed by atoms with Gasteiger partial charge in [-0.25, -0.2) is 0 Å². The van der Waals surface area contributed by atoms with Gasteiger partial charge in [0.1, 0.15) is 0 Å². The maximum Gasteiger partial charge on any atom is -0.147 e. The summed E-state index contributed by atoms with van der Waals surface area (Å²) in [5.41, 5.74) is -0.0248. The predicted molar refractivity (Wildman–Crippen MR) is 39.0 cm³/mol. The zero-order valence-corrected chi connectivity index (χ0v) is 10.5. The van der Waals surface area contributed by atoms with Crippen molar-refractivity contribution in [3.8, 4) is 0 Å². The van der Waals surface area contributed by atoms with Crippen LogP contribution in [0.3, 0.4) is 0 Å². The van der Waals surface area contributed by atoms with Gasteiger partial charge in [-0.3, -0.25) is 0 Å². The molecule has 0 rings (SSSR count). The Morgan fingerprint density at radius 3 is 2.30 bits per heavy atom. The maximum atomic E-state index is 9.86. The van der Waals surface area contributed by atoms with Crippen molar-refractivity contribution in [3.05, 3.63) is 0 Å². The largest absolute Gasteiger partial charge is 0.147 e. The summed E-state index contributed by atoms with van der Waals surface area (Å²) in [5.74, 6) is 0. The molecule has 0 aromatic heterocycles. The molecule has 0 aliphatic rings. The van der Waals surface area contributed by atoms with Crippen LogP contribution < -0.4 is 0 Å². The van der Waals surface area contributed by atoms with Crippen molar-refractivity contribution in [2.45, 2.75) is 31.4 Å². The average molecular weight is 218 g/mol. The minimum atomic E-state index is -0.944. The topological polar surface area (TPSA) is 26.3 Å². The van der Waals surface area contributed by atoms with Crippen LogP contribution in [0.1, 0.15) is 20.8 Å².